The summed E-state index contributed by atoms with van der Waals surface area (Å²) in [4.78, 5) is 12.6. The summed E-state index contributed by atoms with van der Waals surface area (Å²) in [6.07, 6.45) is 5.49. The van der Waals surface area contributed by atoms with Crippen LogP contribution in [0.1, 0.15) is 48.5 Å². The molecule has 2 heteroatoms. The van der Waals surface area contributed by atoms with Gasteiger partial charge in [0, 0.05) is 11.5 Å². The molecule has 0 radical (unpaired) electrons. The van der Waals surface area contributed by atoms with Crippen LogP contribution in [-0.2, 0) is 6.42 Å². The predicted molar refractivity (Wildman–Crippen MR) is 74.7 cm³/mol. The number of aryl methyl sites for hydroxylation is 1. The van der Waals surface area contributed by atoms with Crippen molar-refractivity contribution in [2.24, 2.45) is 17.6 Å². The Balaban J connectivity index is 2.18. The van der Waals surface area contributed by atoms with E-state index in [-0.39, 0.29) is 5.92 Å². The Bertz CT molecular complexity index is 413. The summed E-state index contributed by atoms with van der Waals surface area (Å²) in [6, 6.07) is 8.07. The van der Waals surface area contributed by atoms with E-state index in [4.69, 9.17) is 5.73 Å². The first-order valence-corrected chi connectivity index (χ1v) is 7.09. The molecule has 1 aromatic carbocycles. The molecule has 0 heterocycles. The fourth-order valence-corrected chi connectivity index (χ4v) is 2.99. The van der Waals surface area contributed by atoms with Gasteiger partial charge in [0.05, 0.1) is 0 Å². The molecule has 2 unspecified atom stereocenters. The van der Waals surface area contributed by atoms with E-state index in [1.807, 2.05) is 18.2 Å². The van der Waals surface area contributed by atoms with Gasteiger partial charge in [-0.2, -0.15) is 0 Å². The Morgan fingerprint density at radius 3 is 2.83 bits per heavy atom. The van der Waals surface area contributed by atoms with Crippen LogP contribution in [0.5, 0.6) is 0 Å². The first-order chi connectivity index (χ1) is 8.76. The normalized spacial score (nSPS) is 23.9. The molecule has 0 aromatic heterocycles. The molecule has 1 fully saturated rings. The van der Waals surface area contributed by atoms with Crippen molar-refractivity contribution in [3.63, 3.8) is 0 Å². The lowest BCUT2D eigenvalue weighted by atomic mass is 9.75. The lowest BCUT2D eigenvalue weighted by Gasteiger charge is -2.29. The third-order valence-electron chi connectivity index (χ3n) is 4.17. The van der Waals surface area contributed by atoms with E-state index in [2.05, 4.69) is 13.0 Å². The number of nitrogens with two attached hydrogens (primary N) is 1. The largest absolute Gasteiger partial charge is 0.330 e. The quantitative estimate of drug-likeness (QED) is 0.828. The molecular weight excluding hydrogens is 222 g/mol. The maximum atomic E-state index is 12.6. The number of carbonyl (C=O) groups is 1. The van der Waals surface area contributed by atoms with Crippen molar-refractivity contribution in [1.82, 2.24) is 0 Å². The highest BCUT2D eigenvalue weighted by molar-refractivity contribution is 5.98. The van der Waals surface area contributed by atoms with Gasteiger partial charge in [-0.15, -0.1) is 0 Å². The summed E-state index contributed by atoms with van der Waals surface area (Å²) in [7, 11) is 0. The molecule has 18 heavy (non-hydrogen) atoms. The van der Waals surface area contributed by atoms with Crippen LogP contribution in [0.3, 0.4) is 0 Å². The highest BCUT2D eigenvalue weighted by atomic mass is 16.1. The molecule has 2 rings (SSSR count). The maximum Gasteiger partial charge on any atom is 0.166 e. The van der Waals surface area contributed by atoms with Crippen LogP contribution >= 0.6 is 0 Å². The molecular formula is C16H23NO. The van der Waals surface area contributed by atoms with Gasteiger partial charge in [0.2, 0.25) is 0 Å². The third kappa shape index (κ3) is 2.81. The molecule has 2 atom stereocenters. The monoisotopic (exact) mass is 245 g/mol. The van der Waals surface area contributed by atoms with Gasteiger partial charge in [-0.1, -0.05) is 38.0 Å². The molecule has 0 saturated heterocycles. The number of rotatable bonds is 4. The maximum absolute atomic E-state index is 12.6. The number of Topliss-reactive ketones (excluding diaryl/α,β-unsaturated/α-hetero) is 1. The van der Waals surface area contributed by atoms with E-state index in [1.54, 1.807) is 0 Å². The molecule has 2 N–H and O–H groups in total. The molecule has 1 aliphatic carbocycles. The van der Waals surface area contributed by atoms with Gasteiger partial charge in [0.15, 0.2) is 5.78 Å². The Kier molecular flexibility index (Phi) is 4.54. The van der Waals surface area contributed by atoms with Gasteiger partial charge >= 0.3 is 0 Å². The van der Waals surface area contributed by atoms with Crippen LogP contribution in [0.15, 0.2) is 24.3 Å². The fraction of sp³-hybridized carbons (Fsp3) is 0.562. The zero-order valence-electron chi connectivity index (χ0n) is 11.2. The van der Waals surface area contributed by atoms with Gasteiger partial charge in [0.25, 0.3) is 0 Å². The van der Waals surface area contributed by atoms with Crippen molar-refractivity contribution in [3.8, 4) is 0 Å². The van der Waals surface area contributed by atoms with Gasteiger partial charge in [-0.25, -0.2) is 0 Å². The molecule has 1 aromatic rings. The minimum atomic E-state index is 0.149. The molecule has 0 bridgehead atoms. The van der Waals surface area contributed by atoms with Crippen molar-refractivity contribution in [2.75, 3.05) is 6.54 Å². The van der Waals surface area contributed by atoms with Crippen LogP contribution in [-0.4, -0.2) is 12.3 Å². The predicted octanol–water partition coefficient (Wildman–Crippen LogP) is 3.20. The minimum absolute atomic E-state index is 0.149. The molecule has 1 aliphatic rings. The second-order valence-electron chi connectivity index (χ2n) is 5.30. The van der Waals surface area contributed by atoms with Crippen molar-refractivity contribution < 1.29 is 4.79 Å². The zero-order valence-corrected chi connectivity index (χ0v) is 11.2. The number of ketones is 1. The third-order valence-corrected chi connectivity index (χ3v) is 4.17. The number of hydrogen-bond acceptors (Lipinski definition) is 2. The van der Waals surface area contributed by atoms with E-state index >= 15 is 0 Å². The minimum Gasteiger partial charge on any atom is -0.330 e. The number of benzene rings is 1. The standard InChI is InChI=1S/C16H23NO/c1-2-12-6-5-8-13(10-12)16(18)15-9-4-3-7-14(15)11-17/h5-6,8,10,14-15H,2-4,7,9,11,17H2,1H3. The van der Waals surface area contributed by atoms with Crippen LogP contribution in [0.25, 0.3) is 0 Å². The Labute approximate surface area is 110 Å². The Morgan fingerprint density at radius 2 is 2.11 bits per heavy atom. The smallest absolute Gasteiger partial charge is 0.166 e. The Hall–Kier alpha value is -1.15. The molecule has 0 aliphatic heterocycles. The molecule has 1 saturated carbocycles. The van der Waals surface area contributed by atoms with Gasteiger partial charge in [-0.3, -0.25) is 4.79 Å². The lowest BCUT2D eigenvalue weighted by molar-refractivity contribution is 0.0829. The topological polar surface area (TPSA) is 43.1 Å². The molecule has 98 valence electrons. The van der Waals surface area contributed by atoms with Crippen LogP contribution in [0.2, 0.25) is 0 Å². The first-order valence-electron chi connectivity index (χ1n) is 7.09. The summed E-state index contributed by atoms with van der Waals surface area (Å²) in [5.41, 5.74) is 7.93. The molecule has 2 nitrogen and oxygen atoms in total. The number of hydrogen-bond donors (Lipinski definition) is 1. The lowest BCUT2D eigenvalue weighted by Crippen LogP contribution is -2.32. The summed E-state index contributed by atoms with van der Waals surface area (Å²) in [6.45, 7) is 2.76. The van der Waals surface area contributed by atoms with Crippen molar-refractivity contribution in [2.45, 2.75) is 39.0 Å². The van der Waals surface area contributed by atoms with Crippen LogP contribution in [0, 0.1) is 11.8 Å². The second-order valence-corrected chi connectivity index (χ2v) is 5.30. The van der Waals surface area contributed by atoms with E-state index < -0.39 is 0 Å². The van der Waals surface area contributed by atoms with Gasteiger partial charge in [-0.05, 0) is 43.4 Å². The van der Waals surface area contributed by atoms with Crippen molar-refractivity contribution in [3.05, 3.63) is 35.4 Å². The van der Waals surface area contributed by atoms with Gasteiger partial charge < -0.3 is 5.73 Å². The van der Waals surface area contributed by atoms with E-state index in [0.717, 1.165) is 24.8 Å². The van der Waals surface area contributed by atoms with Crippen molar-refractivity contribution >= 4 is 5.78 Å². The summed E-state index contributed by atoms with van der Waals surface area (Å²) >= 11 is 0. The first kappa shape index (κ1) is 13.3. The van der Waals surface area contributed by atoms with Crippen molar-refractivity contribution in [1.29, 1.82) is 0 Å². The SMILES string of the molecule is CCc1cccc(C(=O)C2CCCCC2CN)c1. The summed E-state index contributed by atoms with van der Waals surface area (Å²) in [5.74, 6) is 0.841. The highest BCUT2D eigenvalue weighted by Crippen LogP contribution is 2.32. The van der Waals surface area contributed by atoms with E-state index in [1.165, 1.54) is 18.4 Å². The van der Waals surface area contributed by atoms with Gasteiger partial charge in [0.1, 0.15) is 0 Å². The highest BCUT2D eigenvalue weighted by Gasteiger charge is 2.30. The fourth-order valence-electron chi connectivity index (χ4n) is 2.99. The summed E-state index contributed by atoms with van der Waals surface area (Å²) < 4.78 is 0. The van der Waals surface area contributed by atoms with Crippen LogP contribution < -0.4 is 5.73 Å². The average molecular weight is 245 g/mol. The molecule has 0 amide bonds. The Morgan fingerprint density at radius 1 is 1.33 bits per heavy atom. The number of carbonyl (C=O) groups excluding carboxylic acids is 1. The summed E-state index contributed by atoms with van der Waals surface area (Å²) in [5, 5.41) is 0. The molecule has 0 spiro atoms. The van der Waals surface area contributed by atoms with E-state index in [9.17, 15) is 4.79 Å². The zero-order chi connectivity index (χ0) is 13.0. The van der Waals surface area contributed by atoms with Crippen LogP contribution in [0.4, 0.5) is 0 Å². The second kappa shape index (κ2) is 6.14. The average Bonchev–Trinajstić information content (AvgIpc) is 2.46. The van der Waals surface area contributed by atoms with E-state index in [0.29, 0.717) is 18.2 Å².